The summed E-state index contributed by atoms with van der Waals surface area (Å²) in [4.78, 5) is 23.1. The SMILES string of the molecule is O=C(Nc1nc(Cc2ccc(F)cc2)no1)N1CCC2(CC(C(F)F)=NO2)C1. The van der Waals surface area contributed by atoms with Gasteiger partial charge in [0.1, 0.15) is 11.5 Å². The number of rotatable bonds is 4. The van der Waals surface area contributed by atoms with Gasteiger partial charge < -0.3 is 14.3 Å². The van der Waals surface area contributed by atoms with Crippen LogP contribution in [0.1, 0.15) is 24.2 Å². The lowest BCUT2D eigenvalue weighted by atomic mass is 9.97. The fourth-order valence-electron chi connectivity index (χ4n) is 3.24. The van der Waals surface area contributed by atoms with E-state index in [1.807, 2.05) is 0 Å². The molecule has 1 saturated heterocycles. The summed E-state index contributed by atoms with van der Waals surface area (Å²) in [5, 5.41) is 9.70. The molecule has 2 aliphatic heterocycles. The average molecular weight is 395 g/mol. The Morgan fingerprint density at radius 3 is 2.82 bits per heavy atom. The number of nitrogens with one attached hydrogen (secondary N) is 1. The molecule has 3 heterocycles. The van der Waals surface area contributed by atoms with Crippen molar-refractivity contribution >= 4 is 17.8 Å². The Balaban J connectivity index is 1.32. The lowest BCUT2D eigenvalue weighted by Gasteiger charge is -2.21. The molecule has 1 fully saturated rings. The lowest BCUT2D eigenvalue weighted by Crippen LogP contribution is -2.38. The van der Waals surface area contributed by atoms with Crippen molar-refractivity contribution in [2.24, 2.45) is 5.16 Å². The van der Waals surface area contributed by atoms with Crippen LogP contribution in [-0.2, 0) is 11.3 Å². The van der Waals surface area contributed by atoms with Crippen molar-refractivity contribution in [1.29, 1.82) is 0 Å². The van der Waals surface area contributed by atoms with E-state index in [-0.39, 0.29) is 30.5 Å². The zero-order valence-electron chi connectivity index (χ0n) is 14.6. The predicted molar refractivity (Wildman–Crippen MR) is 90.6 cm³/mol. The third-order valence-electron chi connectivity index (χ3n) is 4.67. The van der Waals surface area contributed by atoms with E-state index < -0.39 is 18.1 Å². The van der Waals surface area contributed by atoms with Crippen LogP contribution in [0.2, 0.25) is 0 Å². The molecule has 0 aliphatic carbocycles. The highest BCUT2D eigenvalue weighted by molar-refractivity contribution is 5.90. The van der Waals surface area contributed by atoms with Gasteiger partial charge in [-0.25, -0.2) is 18.0 Å². The highest BCUT2D eigenvalue weighted by Gasteiger charge is 2.48. The van der Waals surface area contributed by atoms with Crippen LogP contribution in [0.25, 0.3) is 0 Å². The Labute approximate surface area is 157 Å². The number of nitrogens with zero attached hydrogens (tertiary/aromatic N) is 4. The molecule has 2 aromatic rings. The average Bonchev–Trinajstić information content (AvgIpc) is 3.39. The number of hydrogen-bond acceptors (Lipinski definition) is 6. The fraction of sp³-hybridized carbons (Fsp3) is 0.412. The van der Waals surface area contributed by atoms with Crippen molar-refractivity contribution in [1.82, 2.24) is 15.0 Å². The number of alkyl halides is 2. The molecule has 0 saturated carbocycles. The Hall–Kier alpha value is -3.11. The number of hydrogen-bond donors (Lipinski definition) is 1. The first-order chi connectivity index (χ1) is 13.4. The summed E-state index contributed by atoms with van der Waals surface area (Å²) in [5.74, 6) is -0.0144. The van der Waals surface area contributed by atoms with Crippen LogP contribution >= 0.6 is 0 Å². The number of carbonyl (C=O) groups excluding carboxylic acids is 1. The maximum Gasteiger partial charge on any atom is 0.329 e. The molecule has 1 atom stereocenters. The first kappa shape index (κ1) is 18.3. The lowest BCUT2D eigenvalue weighted by molar-refractivity contribution is -0.00734. The second-order valence-electron chi connectivity index (χ2n) is 6.76. The Bertz CT molecular complexity index is 902. The van der Waals surface area contributed by atoms with Gasteiger partial charge in [-0.3, -0.25) is 5.32 Å². The highest BCUT2D eigenvalue weighted by atomic mass is 19.3. The largest absolute Gasteiger partial charge is 0.387 e. The second-order valence-corrected chi connectivity index (χ2v) is 6.76. The predicted octanol–water partition coefficient (Wildman–Crippen LogP) is 2.82. The van der Waals surface area contributed by atoms with Gasteiger partial charge in [-0.1, -0.05) is 22.4 Å². The number of oxime groups is 1. The standard InChI is InChI=1S/C17H16F3N5O3/c18-11-3-1-10(2-4-11)7-13-21-15(27-24-13)22-16(26)25-6-5-17(9-25)8-12(14(19)20)23-28-17/h1-4,14H,5-9H2,(H,21,22,24,26). The van der Waals surface area contributed by atoms with Crippen molar-refractivity contribution in [2.45, 2.75) is 31.3 Å². The Morgan fingerprint density at radius 2 is 2.11 bits per heavy atom. The number of amides is 2. The molecule has 28 heavy (non-hydrogen) atoms. The van der Waals surface area contributed by atoms with Gasteiger partial charge in [0.2, 0.25) is 0 Å². The van der Waals surface area contributed by atoms with Crippen LogP contribution in [0.5, 0.6) is 0 Å². The fourth-order valence-corrected chi connectivity index (χ4v) is 3.24. The number of carbonyl (C=O) groups is 1. The van der Waals surface area contributed by atoms with Gasteiger partial charge >= 0.3 is 12.0 Å². The van der Waals surface area contributed by atoms with Crippen LogP contribution in [-0.4, -0.2) is 51.9 Å². The van der Waals surface area contributed by atoms with E-state index in [4.69, 9.17) is 9.36 Å². The molecule has 0 bridgehead atoms. The number of urea groups is 1. The van der Waals surface area contributed by atoms with Gasteiger partial charge in [-0.05, 0) is 17.7 Å². The molecule has 1 aromatic heterocycles. The van der Waals surface area contributed by atoms with Gasteiger partial charge in [-0.15, -0.1) is 0 Å². The van der Waals surface area contributed by atoms with Crippen molar-refractivity contribution in [2.75, 3.05) is 18.4 Å². The van der Waals surface area contributed by atoms with Crippen LogP contribution in [0.3, 0.4) is 0 Å². The van der Waals surface area contributed by atoms with Gasteiger partial charge in [0.05, 0.1) is 6.54 Å². The topological polar surface area (TPSA) is 92.9 Å². The molecular weight excluding hydrogens is 379 g/mol. The minimum atomic E-state index is -2.67. The summed E-state index contributed by atoms with van der Waals surface area (Å²) >= 11 is 0. The van der Waals surface area contributed by atoms with Crippen LogP contribution in [0.4, 0.5) is 24.0 Å². The number of anilines is 1. The summed E-state index contributed by atoms with van der Waals surface area (Å²) < 4.78 is 43.4. The number of aromatic nitrogens is 2. The molecule has 1 aromatic carbocycles. The third kappa shape index (κ3) is 3.78. The number of benzene rings is 1. The molecule has 2 aliphatic rings. The van der Waals surface area contributed by atoms with Crippen molar-refractivity contribution in [3.05, 3.63) is 41.5 Å². The minimum Gasteiger partial charge on any atom is -0.387 e. The monoisotopic (exact) mass is 395 g/mol. The van der Waals surface area contributed by atoms with E-state index >= 15 is 0 Å². The first-order valence-electron chi connectivity index (χ1n) is 8.58. The molecule has 4 rings (SSSR count). The van der Waals surface area contributed by atoms with E-state index in [1.165, 1.54) is 17.0 Å². The first-order valence-corrected chi connectivity index (χ1v) is 8.58. The second kappa shape index (κ2) is 7.13. The number of halogens is 3. The van der Waals surface area contributed by atoms with Crippen molar-refractivity contribution in [3.63, 3.8) is 0 Å². The zero-order valence-corrected chi connectivity index (χ0v) is 14.6. The number of likely N-dealkylation sites (tertiary alicyclic amines) is 1. The quantitative estimate of drug-likeness (QED) is 0.859. The van der Waals surface area contributed by atoms with Crippen LogP contribution < -0.4 is 5.32 Å². The van der Waals surface area contributed by atoms with Gasteiger partial charge in [0.15, 0.2) is 11.4 Å². The van der Waals surface area contributed by atoms with Crippen LogP contribution in [0.15, 0.2) is 33.9 Å². The molecule has 2 amide bonds. The molecule has 1 unspecified atom stereocenters. The minimum absolute atomic E-state index is 0.00315. The van der Waals surface area contributed by atoms with Gasteiger partial charge in [0.25, 0.3) is 6.43 Å². The molecule has 1 N–H and O–H groups in total. The normalized spacial score (nSPS) is 21.3. The zero-order chi connectivity index (χ0) is 19.7. The summed E-state index contributed by atoms with van der Waals surface area (Å²) in [6.45, 7) is 0.462. The van der Waals surface area contributed by atoms with Crippen molar-refractivity contribution < 1.29 is 27.3 Å². The van der Waals surface area contributed by atoms with Crippen LogP contribution in [0, 0.1) is 5.82 Å². The summed E-state index contributed by atoms with van der Waals surface area (Å²) in [6.07, 6.45) is -1.95. The van der Waals surface area contributed by atoms with E-state index in [0.717, 1.165) is 5.56 Å². The summed E-state index contributed by atoms with van der Waals surface area (Å²) in [7, 11) is 0. The smallest absolute Gasteiger partial charge is 0.329 e. The Kier molecular flexibility index (Phi) is 4.65. The maximum atomic E-state index is 12.9. The highest BCUT2D eigenvalue weighted by Crippen LogP contribution is 2.35. The van der Waals surface area contributed by atoms with Crippen molar-refractivity contribution in [3.8, 4) is 0 Å². The van der Waals surface area contributed by atoms with Gasteiger partial charge in [-0.2, -0.15) is 4.98 Å². The summed E-state index contributed by atoms with van der Waals surface area (Å²) in [6, 6.07) is 5.28. The molecule has 0 radical (unpaired) electrons. The maximum absolute atomic E-state index is 12.9. The molecule has 11 heteroatoms. The molecule has 8 nitrogen and oxygen atoms in total. The molecule has 1 spiro atoms. The van der Waals surface area contributed by atoms with E-state index in [0.29, 0.717) is 25.2 Å². The van der Waals surface area contributed by atoms with E-state index in [1.54, 1.807) is 12.1 Å². The Morgan fingerprint density at radius 1 is 1.32 bits per heavy atom. The molecule has 148 valence electrons. The molecular formula is C17H16F3N5O3. The van der Waals surface area contributed by atoms with E-state index in [9.17, 15) is 18.0 Å². The summed E-state index contributed by atoms with van der Waals surface area (Å²) in [5.41, 5.74) is -0.412. The van der Waals surface area contributed by atoms with E-state index in [2.05, 4.69) is 20.6 Å². The third-order valence-corrected chi connectivity index (χ3v) is 4.67. The van der Waals surface area contributed by atoms with Gasteiger partial charge in [0, 0.05) is 25.8 Å².